The number of nitrogens with zero attached hydrogens (tertiary/aromatic N) is 1. The van der Waals surface area contributed by atoms with Gasteiger partial charge < -0.3 is 9.47 Å². The van der Waals surface area contributed by atoms with Crippen molar-refractivity contribution in [1.82, 2.24) is 4.57 Å². The SMILES string of the molecule is CCC[NH+]1CCn2c3c(c4cc(Br)ccc42)CCCC31. The summed E-state index contributed by atoms with van der Waals surface area (Å²) in [4.78, 5) is 1.82. The number of aryl methyl sites for hydroxylation is 1. The Labute approximate surface area is 128 Å². The Kier molecular flexibility index (Phi) is 3.15. The van der Waals surface area contributed by atoms with Gasteiger partial charge in [-0.2, -0.15) is 0 Å². The molecule has 2 atom stereocenters. The van der Waals surface area contributed by atoms with Crippen LogP contribution in [0.2, 0.25) is 0 Å². The first-order chi connectivity index (χ1) is 9.79. The van der Waals surface area contributed by atoms with E-state index in [1.165, 1.54) is 60.7 Å². The van der Waals surface area contributed by atoms with Crippen molar-refractivity contribution in [2.75, 3.05) is 13.1 Å². The van der Waals surface area contributed by atoms with Crippen molar-refractivity contribution in [3.63, 3.8) is 0 Å². The molecule has 106 valence electrons. The van der Waals surface area contributed by atoms with Gasteiger partial charge in [-0.3, -0.25) is 0 Å². The summed E-state index contributed by atoms with van der Waals surface area (Å²) in [5.74, 6) is 0. The third-order valence-corrected chi connectivity index (χ3v) is 5.64. The number of hydrogen-bond acceptors (Lipinski definition) is 0. The first kappa shape index (κ1) is 12.9. The summed E-state index contributed by atoms with van der Waals surface area (Å²) in [7, 11) is 0. The molecule has 0 amide bonds. The molecule has 0 saturated heterocycles. The summed E-state index contributed by atoms with van der Waals surface area (Å²) in [5, 5.41) is 1.50. The fraction of sp³-hybridized carbons (Fsp3) is 0.529. The molecule has 0 spiro atoms. The molecule has 1 aromatic carbocycles. The van der Waals surface area contributed by atoms with Gasteiger partial charge in [0.1, 0.15) is 6.04 Å². The maximum atomic E-state index is 3.64. The van der Waals surface area contributed by atoms with Crippen LogP contribution in [0.3, 0.4) is 0 Å². The van der Waals surface area contributed by atoms with Crippen molar-refractivity contribution >= 4 is 26.8 Å². The zero-order valence-corrected chi connectivity index (χ0v) is 13.7. The zero-order chi connectivity index (χ0) is 13.7. The number of fused-ring (bicyclic) bond motifs is 3. The van der Waals surface area contributed by atoms with Gasteiger partial charge in [-0.1, -0.05) is 22.9 Å². The summed E-state index contributed by atoms with van der Waals surface area (Å²) >= 11 is 3.64. The Morgan fingerprint density at radius 3 is 3.15 bits per heavy atom. The van der Waals surface area contributed by atoms with E-state index in [1.54, 1.807) is 11.3 Å². The molecule has 2 nitrogen and oxygen atoms in total. The highest BCUT2D eigenvalue weighted by atomic mass is 79.9. The van der Waals surface area contributed by atoms with Crippen LogP contribution in [0.1, 0.15) is 43.5 Å². The van der Waals surface area contributed by atoms with Crippen LogP contribution in [0.5, 0.6) is 0 Å². The number of halogens is 1. The van der Waals surface area contributed by atoms with Crippen molar-refractivity contribution in [3.05, 3.63) is 33.9 Å². The first-order valence-corrected chi connectivity index (χ1v) is 8.74. The molecule has 0 radical (unpaired) electrons. The van der Waals surface area contributed by atoms with Gasteiger partial charge >= 0.3 is 0 Å². The van der Waals surface area contributed by atoms with Crippen molar-refractivity contribution in [2.45, 2.75) is 45.2 Å². The standard InChI is InChI=1S/C17H21BrN2/c1-2-8-19-9-10-20-15-7-6-12(18)11-14(15)13-4-3-5-16(19)17(13)20/h6-7,11,16H,2-5,8-10H2,1H3/p+1. The van der Waals surface area contributed by atoms with Crippen molar-refractivity contribution < 1.29 is 4.90 Å². The molecule has 3 heteroatoms. The van der Waals surface area contributed by atoms with Crippen LogP contribution in [0.15, 0.2) is 22.7 Å². The molecular formula is C17H22BrN2+. The maximum absolute atomic E-state index is 3.64. The minimum absolute atomic E-state index is 0.749. The predicted octanol–water partition coefficient (Wildman–Crippen LogP) is 3.09. The van der Waals surface area contributed by atoms with Gasteiger partial charge in [-0.05, 0) is 43.0 Å². The van der Waals surface area contributed by atoms with E-state index in [-0.39, 0.29) is 0 Å². The second kappa shape index (κ2) is 4.88. The van der Waals surface area contributed by atoms with Crippen LogP contribution in [-0.2, 0) is 13.0 Å². The largest absolute Gasteiger partial charge is 0.334 e. The van der Waals surface area contributed by atoms with E-state index < -0.39 is 0 Å². The lowest BCUT2D eigenvalue weighted by Crippen LogP contribution is -3.13. The van der Waals surface area contributed by atoms with E-state index in [2.05, 4.69) is 45.6 Å². The Balaban J connectivity index is 1.93. The van der Waals surface area contributed by atoms with Gasteiger partial charge in [-0.15, -0.1) is 0 Å². The van der Waals surface area contributed by atoms with Gasteiger partial charge in [0, 0.05) is 21.8 Å². The molecule has 1 N–H and O–H groups in total. The molecule has 1 aliphatic heterocycles. The summed E-state index contributed by atoms with van der Waals surface area (Å²) in [6.07, 6.45) is 5.30. The van der Waals surface area contributed by atoms with Gasteiger partial charge in [0.15, 0.2) is 0 Å². The Hall–Kier alpha value is -0.800. The Morgan fingerprint density at radius 2 is 2.30 bits per heavy atom. The van der Waals surface area contributed by atoms with Gasteiger partial charge in [0.05, 0.1) is 25.3 Å². The number of benzene rings is 1. The third kappa shape index (κ3) is 1.79. The zero-order valence-electron chi connectivity index (χ0n) is 12.1. The fourth-order valence-corrected chi connectivity index (χ4v) is 4.75. The molecule has 2 aliphatic rings. The van der Waals surface area contributed by atoms with Gasteiger partial charge in [-0.25, -0.2) is 0 Å². The quantitative estimate of drug-likeness (QED) is 0.865. The molecular weight excluding hydrogens is 312 g/mol. The molecule has 1 aromatic heterocycles. The molecule has 2 heterocycles. The summed E-state index contributed by atoms with van der Waals surface area (Å²) in [5.41, 5.74) is 4.77. The van der Waals surface area contributed by atoms with Crippen LogP contribution in [0, 0.1) is 0 Å². The van der Waals surface area contributed by atoms with Crippen LogP contribution >= 0.6 is 15.9 Å². The number of quaternary nitrogens is 1. The second-order valence-electron chi connectivity index (χ2n) is 6.28. The maximum Gasteiger partial charge on any atom is 0.129 e. The highest BCUT2D eigenvalue weighted by Crippen LogP contribution is 2.38. The molecule has 0 saturated carbocycles. The minimum atomic E-state index is 0.749. The average Bonchev–Trinajstić information content (AvgIpc) is 2.78. The van der Waals surface area contributed by atoms with Crippen LogP contribution in [0.4, 0.5) is 0 Å². The summed E-state index contributed by atoms with van der Waals surface area (Å²) < 4.78 is 3.84. The van der Waals surface area contributed by atoms with Crippen molar-refractivity contribution in [2.24, 2.45) is 0 Å². The molecule has 2 unspecified atom stereocenters. The van der Waals surface area contributed by atoms with Crippen molar-refractivity contribution in [3.8, 4) is 0 Å². The molecule has 4 rings (SSSR count). The number of nitrogens with one attached hydrogen (secondary N) is 1. The molecule has 20 heavy (non-hydrogen) atoms. The van der Waals surface area contributed by atoms with Crippen LogP contribution in [-0.4, -0.2) is 17.7 Å². The molecule has 0 fully saturated rings. The highest BCUT2D eigenvalue weighted by Gasteiger charge is 2.37. The lowest BCUT2D eigenvalue weighted by atomic mass is 9.89. The topological polar surface area (TPSA) is 9.37 Å². The normalized spacial score (nSPS) is 24.9. The van der Waals surface area contributed by atoms with E-state index in [0.717, 1.165) is 6.04 Å². The smallest absolute Gasteiger partial charge is 0.129 e. The highest BCUT2D eigenvalue weighted by molar-refractivity contribution is 9.10. The first-order valence-electron chi connectivity index (χ1n) is 7.94. The number of aromatic nitrogens is 1. The minimum Gasteiger partial charge on any atom is -0.334 e. The Bertz CT molecular complexity index is 659. The lowest BCUT2D eigenvalue weighted by molar-refractivity contribution is -0.937. The predicted molar refractivity (Wildman–Crippen MR) is 86.3 cm³/mol. The summed E-state index contributed by atoms with van der Waals surface area (Å²) in [6.45, 7) is 6.14. The summed E-state index contributed by atoms with van der Waals surface area (Å²) in [6, 6.07) is 7.58. The monoisotopic (exact) mass is 333 g/mol. The van der Waals surface area contributed by atoms with E-state index in [1.807, 2.05) is 4.90 Å². The fourth-order valence-electron chi connectivity index (χ4n) is 4.39. The van der Waals surface area contributed by atoms with Crippen molar-refractivity contribution in [1.29, 1.82) is 0 Å². The molecule has 1 aliphatic carbocycles. The molecule has 0 bridgehead atoms. The second-order valence-corrected chi connectivity index (χ2v) is 7.20. The van der Waals surface area contributed by atoms with Crippen LogP contribution in [0.25, 0.3) is 10.9 Å². The Morgan fingerprint density at radius 1 is 1.40 bits per heavy atom. The van der Waals surface area contributed by atoms with E-state index in [9.17, 15) is 0 Å². The van der Waals surface area contributed by atoms with E-state index >= 15 is 0 Å². The van der Waals surface area contributed by atoms with Gasteiger partial charge in [0.25, 0.3) is 0 Å². The molecule has 2 aromatic rings. The average molecular weight is 334 g/mol. The van der Waals surface area contributed by atoms with Gasteiger partial charge in [0.2, 0.25) is 0 Å². The van der Waals surface area contributed by atoms with E-state index in [0.29, 0.717) is 0 Å². The van der Waals surface area contributed by atoms with Crippen LogP contribution < -0.4 is 4.90 Å². The third-order valence-electron chi connectivity index (χ3n) is 5.14. The number of rotatable bonds is 2. The van der Waals surface area contributed by atoms with E-state index in [4.69, 9.17) is 0 Å². The lowest BCUT2D eigenvalue weighted by Gasteiger charge is -2.36. The number of hydrogen-bond donors (Lipinski definition) is 1.